The average molecular weight is 488 g/mol. The van der Waals surface area contributed by atoms with Crippen LogP contribution >= 0.6 is 15.9 Å². The van der Waals surface area contributed by atoms with Crippen LogP contribution in [-0.2, 0) is 16.1 Å². The van der Waals surface area contributed by atoms with E-state index in [0.29, 0.717) is 36.0 Å². The summed E-state index contributed by atoms with van der Waals surface area (Å²) in [5, 5.41) is 6.45. The maximum atomic E-state index is 13.3. The third-order valence-corrected chi connectivity index (χ3v) is 5.90. The maximum Gasteiger partial charge on any atom is 0.245 e. The van der Waals surface area contributed by atoms with Gasteiger partial charge in [0.25, 0.3) is 0 Å². The maximum absolute atomic E-state index is 13.3. The quantitative estimate of drug-likeness (QED) is 0.491. The van der Waals surface area contributed by atoms with Crippen LogP contribution in [0.4, 0.5) is 8.78 Å². The summed E-state index contributed by atoms with van der Waals surface area (Å²) >= 11 is 3.10. The molecule has 2 amide bonds. The molecule has 4 rings (SSSR count). The highest BCUT2D eigenvalue weighted by Gasteiger charge is 2.50. The van der Waals surface area contributed by atoms with Gasteiger partial charge < -0.3 is 15.2 Å². The van der Waals surface area contributed by atoms with Crippen LogP contribution in [0.15, 0.2) is 59.2 Å². The summed E-state index contributed by atoms with van der Waals surface area (Å²) in [5.41, 5.74) is 0.673. The summed E-state index contributed by atoms with van der Waals surface area (Å²) in [7, 11) is 0. The highest BCUT2D eigenvalue weighted by Crippen LogP contribution is 2.35. The van der Waals surface area contributed by atoms with Gasteiger partial charge in [-0.2, -0.15) is 0 Å². The monoisotopic (exact) mass is 487 g/mol. The van der Waals surface area contributed by atoms with Crippen LogP contribution in [0.2, 0.25) is 0 Å². The molecule has 160 valence electrons. The van der Waals surface area contributed by atoms with E-state index in [9.17, 15) is 18.4 Å². The molecular formula is C23H20BrF2N3O2. The van der Waals surface area contributed by atoms with Gasteiger partial charge in [-0.3, -0.25) is 9.59 Å². The number of hydrogen-bond donors (Lipinski definition) is 2. The zero-order valence-electron chi connectivity index (χ0n) is 16.5. The Morgan fingerprint density at radius 3 is 2.68 bits per heavy atom. The second-order valence-corrected chi connectivity index (χ2v) is 8.40. The van der Waals surface area contributed by atoms with E-state index >= 15 is 0 Å². The molecule has 0 aliphatic heterocycles. The number of benzene rings is 2. The van der Waals surface area contributed by atoms with Crippen LogP contribution in [0.5, 0.6) is 0 Å². The molecule has 1 aliphatic carbocycles. The second kappa shape index (κ2) is 8.63. The fourth-order valence-corrected chi connectivity index (χ4v) is 3.82. The molecule has 1 fully saturated rings. The van der Waals surface area contributed by atoms with Crippen LogP contribution in [0, 0.1) is 11.6 Å². The molecule has 2 aromatic carbocycles. The Morgan fingerprint density at radius 1 is 1.13 bits per heavy atom. The van der Waals surface area contributed by atoms with Crippen LogP contribution in [0.3, 0.4) is 0 Å². The number of aromatic nitrogens is 1. The fourth-order valence-electron chi connectivity index (χ4n) is 3.42. The van der Waals surface area contributed by atoms with Crippen molar-refractivity contribution in [2.75, 3.05) is 6.54 Å². The normalized spacial score (nSPS) is 14.7. The van der Waals surface area contributed by atoms with Crippen LogP contribution in [-0.4, -0.2) is 28.5 Å². The minimum atomic E-state index is -0.882. The van der Waals surface area contributed by atoms with Crippen LogP contribution in [0.25, 0.3) is 17.0 Å². The van der Waals surface area contributed by atoms with E-state index in [1.54, 1.807) is 24.3 Å². The van der Waals surface area contributed by atoms with Gasteiger partial charge in [-0.15, -0.1) is 0 Å². The van der Waals surface area contributed by atoms with Gasteiger partial charge in [0.1, 0.15) is 17.2 Å². The highest BCUT2D eigenvalue weighted by molar-refractivity contribution is 9.10. The molecule has 1 aromatic heterocycles. The molecule has 0 unspecified atom stereocenters. The lowest BCUT2D eigenvalue weighted by Crippen LogP contribution is -2.49. The van der Waals surface area contributed by atoms with Crippen LogP contribution < -0.4 is 10.6 Å². The van der Waals surface area contributed by atoms with Crippen molar-refractivity contribution >= 4 is 44.7 Å². The zero-order valence-corrected chi connectivity index (χ0v) is 18.1. The molecule has 0 radical (unpaired) electrons. The SMILES string of the molecule is O=C(C=Cc1ccc(F)c(Br)c1)NC1(C(=O)NCCn2ccc3cc(F)ccc32)CC1. The Hall–Kier alpha value is -3.00. The molecule has 1 saturated carbocycles. The van der Waals surface area contributed by atoms with Crippen molar-refractivity contribution in [1.82, 2.24) is 15.2 Å². The Kier molecular flexibility index (Phi) is 5.91. The highest BCUT2D eigenvalue weighted by atomic mass is 79.9. The van der Waals surface area contributed by atoms with E-state index in [4.69, 9.17) is 0 Å². The second-order valence-electron chi connectivity index (χ2n) is 7.55. The molecule has 5 nitrogen and oxygen atoms in total. The number of fused-ring (bicyclic) bond motifs is 1. The van der Waals surface area contributed by atoms with Crippen molar-refractivity contribution in [2.45, 2.75) is 24.9 Å². The lowest BCUT2D eigenvalue weighted by Gasteiger charge is -2.16. The largest absolute Gasteiger partial charge is 0.352 e. The topological polar surface area (TPSA) is 63.1 Å². The standard InChI is InChI=1S/C23H20BrF2N3O2/c24-18-13-15(1-4-19(18)26)2-6-21(30)28-23(8-9-23)22(31)27-10-12-29-11-7-16-14-17(25)3-5-20(16)29/h1-7,11,13-14H,8-10,12H2,(H,27,31)(H,28,30). The van der Waals surface area contributed by atoms with Gasteiger partial charge in [0.05, 0.1) is 4.47 Å². The van der Waals surface area contributed by atoms with Crippen molar-refractivity contribution in [1.29, 1.82) is 0 Å². The fraction of sp³-hybridized carbons (Fsp3) is 0.217. The van der Waals surface area contributed by atoms with Crippen molar-refractivity contribution in [3.8, 4) is 0 Å². The summed E-state index contributed by atoms with van der Waals surface area (Å²) in [6, 6.07) is 10.8. The van der Waals surface area contributed by atoms with E-state index in [-0.39, 0.29) is 23.4 Å². The molecule has 3 aromatic rings. The summed E-state index contributed by atoms with van der Waals surface area (Å²) in [4.78, 5) is 24.9. The van der Waals surface area contributed by atoms with Gasteiger partial charge in [0.2, 0.25) is 11.8 Å². The summed E-state index contributed by atoms with van der Waals surface area (Å²) in [6.45, 7) is 0.918. The molecule has 31 heavy (non-hydrogen) atoms. The van der Waals surface area contributed by atoms with Crippen LogP contribution in [0.1, 0.15) is 18.4 Å². The van der Waals surface area contributed by atoms with Crippen molar-refractivity contribution in [2.24, 2.45) is 0 Å². The van der Waals surface area contributed by atoms with E-state index in [0.717, 1.165) is 10.9 Å². The van der Waals surface area contributed by atoms with Crippen molar-refractivity contribution in [3.05, 3.63) is 76.4 Å². The smallest absolute Gasteiger partial charge is 0.245 e. The molecule has 0 bridgehead atoms. The predicted molar refractivity (Wildman–Crippen MR) is 118 cm³/mol. The summed E-state index contributed by atoms with van der Waals surface area (Å²) in [5.74, 6) is -1.27. The number of nitrogens with zero attached hydrogens (tertiary/aromatic N) is 1. The molecule has 2 N–H and O–H groups in total. The van der Waals surface area contributed by atoms with Gasteiger partial charge in [0, 0.05) is 36.3 Å². The van der Waals surface area contributed by atoms with Gasteiger partial charge in [-0.05, 0) is 76.8 Å². The Morgan fingerprint density at radius 2 is 1.94 bits per heavy atom. The third-order valence-electron chi connectivity index (χ3n) is 5.29. The van der Waals surface area contributed by atoms with Gasteiger partial charge >= 0.3 is 0 Å². The first-order chi connectivity index (χ1) is 14.9. The number of carbonyl (C=O) groups is 2. The average Bonchev–Trinajstić information content (AvgIpc) is 3.42. The zero-order chi connectivity index (χ0) is 22.0. The molecule has 0 atom stereocenters. The summed E-state index contributed by atoms with van der Waals surface area (Å²) < 4.78 is 28.9. The minimum absolute atomic E-state index is 0.221. The first-order valence-electron chi connectivity index (χ1n) is 9.84. The molecule has 8 heteroatoms. The van der Waals surface area contributed by atoms with E-state index in [2.05, 4.69) is 26.6 Å². The van der Waals surface area contributed by atoms with E-state index < -0.39 is 5.54 Å². The van der Waals surface area contributed by atoms with Gasteiger partial charge in [-0.25, -0.2) is 8.78 Å². The predicted octanol–water partition coefficient (Wildman–Crippen LogP) is 4.16. The number of amides is 2. The Labute approximate surface area is 186 Å². The number of rotatable bonds is 7. The number of nitrogens with one attached hydrogen (secondary N) is 2. The van der Waals surface area contributed by atoms with Crippen molar-refractivity contribution < 1.29 is 18.4 Å². The first-order valence-corrected chi connectivity index (χ1v) is 10.6. The molecule has 0 saturated heterocycles. The lowest BCUT2D eigenvalue weighted by atomic mass is 10.2. The van der Waals surface area contributed by atoms with E-state index in [1.807, 2.05) is 16.8 Å². The summed E-state index contributed by atoms with van der Waals surface area (Å²) in [6.07, 6.45) is 5.90. The number of hydrogen-bond acceptors (Lipinski definition) is 2. The number of carbonyl (C=O) groups excluding carboxylic acids is 2. The molecule has 1 aliphatic rings. The lowest BCUT2D eigenvalue weighted by molar-refractivity contribution is -0.128. The molecular weight excluding hydrogens is 468 g/mol. The van der Waals surface area contributed by atoms with Crippen molar-refractivity contribution in [3.63, 3.8) is 0 Å². The Balaban J connectivity index is 1.30. The third kappa shape index (κ3) is 4.85. The van der Waals surface area contributed by atoms with Gasteiger partial charge in [-0.1, -0.05) is 6.07 Å². The van der Waals surface area contributed by atoms with Gasteiger partial charge in [0.15, 0.2) is 0 Å². The Bertz CT molecular complexity index is 1180. The minimum Gasteiger partial charge on any atom is -0.352 e. The van der Waals surface area contributed by atoms with E-state index in [1.165, 1.54) is 24.3 Å². The first kappa shape index (κ1) is 21.2. The molecule has 1 heterocycles. The molecule has 0 spiro atoms. The number of halogens is 3.